The molecule has 0 atom stereocenters. The molecule has 14 heavy (non-hydrogen) atoms. The molecule has 0 amide bonds. The topological polar surface area (TPSA) is 75.6 Å². The molecule has 2 heterocycles. The Kier molecular flexibility index (Phi) is 2.24. The molecule has 0 bridgehead atoms. The van der Waals surface area contributed by atoms with E-state index in [-0.39, 0.29) is 6.61 Å². The van der Waals surface area contributed by atoms with Crippen LogP contribution in [0.25, 0.3) is 5.52 Å². The molecule has 0 aliphatic rings. The van der Waals surface area contributed by atoms with Gasteiger partial charge in [0.25, 0.3) is 0 Å². The summed E-state index contributed by atoms with van der Waals surface area (Å²) < 4.78 is 1.71. The fraction of sp³-hybridized carbons (Fsp3) is 0.222. The van der Waals surface area contributed by atoms with Gasteiger partial charge in [0.2, 0.25) is 0 Å². The SMILES string of the molecule is Nc1cnn2c(NCCO)cccc12. The van der Waals surface area contributed by atoms with Gasteiger partial charge in [-0.15, -0.1) is 0 Å². The highest BCUT2D eigenvalue weighted by atomic mass is 16.3. The molecule has 0 aliphatic carbocycles. The van der Waals surface area contributed by atoms with E-state index in [4.69, 9.17) is 10.8 Å². The molecule has 5 nitrogen and oxygen atoms in total. The number of hydrogen-bond acceptors (Lipinski definition) is 4. The largest absolute Gasteiger partial charge is 0.396 e. The molecule has 0 aromatic carbocycles. The van der Waals surface area contributed by atoms with E-state index in [9.17, 15) is 0 Å². The van der Waals surface area contributed by atoms with Gasteiger partial charge < -0.3 is 16.2 Å². The normalized spacial score (nSPS) is 10.6. The summed E-state index contributed by atoms with van der Waals surface area (Å²) in [4.78, 5) is 0. The Morgan fingerprint density at radius 1 is 1.50 bits per heavy atom. The maximum Gasteiger partial charge on any atom is 0.128 e. The van der Waals surface area contributed by atoms with Gasteiger partial charge in [0.05, 0.1) is 24.0 Å². The quantitative estimate of drug-likeness (QED) is 0.654. The molecule has 2 aromatic rings. The average Bonchev–Trinajstić information content (AvgIpc) is 2.58. The maximum absolute atomic E-state index is 8.69. The van der Waals surface area contributed by atoms with E-state index in [0.29, 0.717) is 12.2 Å². The summed E-state index contributed by atoms with van der Waals surface area (Å²) in [5.74, 6) is 0.827. The number of fused-ring (bicyclic) bond motifs is 1. The van der Waals surface area contributed by atoms with Crippen LogP contribution in [-0.2, 0) is 0 Å². The minimum Gasteiger partial charge on any atom is -0.396 e. The summed E-state index contributed by atoms with van der Waals surface area (Å²) in [6.45, 7) is 0.589. The number of aliphatic hydroxyl groups is 1. The molecular formula is C9H12N4O. The van der Waals surface area contributed by atoms with Crippen LogP contribution in [0.15, 0.2) is 24.4 Å². The lowest BCUT2D eigenvalue weighted by Crippen LogP contribution is -2.09. The van der Waals surface area contributed by atoms with E-state index in [1.807, 2.05) is 18.2 Å². The molecule has 4 N–H and O–H groups in total. The first kappa shape index (κ1) is 8.83. The van der Waals surface area contributed by atoms with Crippen molar-refractivity contribution < 1.29 is 5.11 Å². The molecule has 0 saturated carbocycles. The van der Waals surface area contributed by atoms with Crippen LogP contribution in [0.5, 0.6) is 0 Å². The second-order valence-electron chi connectivity index (χ2n) is 2.96. The van der Waals surface area contributed by atoms with E-state index in [2.05, 4.69) is 10.4 Å². The second kappa shape index (κ2) is 3.55. The number of nitrogen functional groups attached to an aromatic ring is 1. The lowest BCUT2D eigenvalue weighted by molar-refractivity contribution is 0.311. The molecule has 0 unspecified atom stereocenters. The zero-order chi connectivity index (χ0) is 9.97. The van der Waals surface area contributed by atoms with Gasteiger partial charge in [-0.05, 0) is 12.1 Å². The zero-order valence-corrected chi connectivity index (χ0v) is 7.64. The Labute approximate surface area is 81.2 Å². The maximum atomic E-state index is 8.69. The summed E-state index contributed by atoms with van der Waals surface area (Å²) in [5.41, 5.74) is 7.23. The molecule has 0 radical (unpaired) electrons. The van der Waals surface area contributed by atoms with Gasteiger partial charge in [-0.1, -0.05) is 6.07 Å². The van der Waals surface area contributed by atoms with E-state index in [0.717, 1.165) is 11.3 Å². The highest BCUT2D eigenvalue weighted by Crippen LogP contribution is 2.16. The molecule has 0 aliphatic heterocycles. The molecule has 0 spiro atoms. The van der Waals surface area contributed by atoms with Crippen LogP contribution in [0, 0.1) is 0 Å². The molecule has 0 saturated heterocycles. The van der Waals surface area contributed by atoms with E-state index >= 15 is 0 Å². The lowest BCUT2D eigenvalue weighted by atomic mass is 10.3. The van der Waals surface area contributed by atoms with E-state index < -0.39 is 0 Å². The Morgan fingerprint density at radius 3 is 3.14 bits per heavy atom. The summed E-state index contributed by atoms with van der Waals surface area (Å²) >= 11 is 0. The number of nitrogens with two attached hydrogens (primary N) is 1. The van der Waals surface area contributed by atoms with Crippen molar-refractivity contribution in [2.24, 2.45) is 0 Å². The van der Waals surface area contributed by atoms with Crippen molar-refractivity contribution in [2.75, 3.05) is 24.2 Å². The van der Waals surface area contributed by atoms with Crippen molar-refractivity contribution in [3.05, 3.63) is 24.4 Å². The van der Waals surface area contributed by atoms with Crippen LogP contribution >= 0.6 is 0 Å². The van der Waals surface area contributed by atoms with Gasteiger partial charge in [-0.25, -0.2) is 4.52 Å². The van der Waals surface area contributed by atoms with Gasteiger partial charge in [0.15, 0.2) is 0 Å². The Balaban J connectivity index is 2.44. The minimum atomic E-state index is 0.0904. The molecule has 0 fully saturated rings. The van der Waals surface area contributed by atoms with Crippen LogP contribution in [0.1, 0.15) is 0 Å². The van der Waals surface area contributed by atoms with Gasteiger partial charge in [-0.2, -0.15) is 5.10 Å². The third-order valence-electron chi connectivity index (χ3n) is 1.99. The molecular weight excluding hydrogens is 180 g/mol. The number of aromatic nitrogens is 2. The summed E-state index contributed by atoms with van der Waals surface area (Å²) in [6, 6.07) is 5.68. The average molecular weight is 192 g/mol. The summed E-state index contributed by atoms with van der Waals surface area (Å²) in [6.07, 6.45) is 1.61. The highest BCUT2D eigenvalue weighted by Gasteiger charge is 2.02. The molecule has 5 heteroatoms. The molecule has 2 rings (SSSR count). The number of pyridine rings is 1. The van der Waals surface area contributed by atoms with Crippen molar-refractivity contribution in [1.29, 1.82) is 0 Å². The van der Waals surface area contributed by atoms with Crippen molar-refractivity contribution in [3.8, 4) is 0 Å². The second-order valence-corrected chi connectivity index (χ2v) is 2.96. The van der Waals surface area contributed by atoms with Gasteiger partial charge in [0, 0.05) is 6.54 Å². The Hall–Kier alpha value is -1.75. The number of hydrogen-bond donors (Lipinski definition) is 3. The molecule has 74 valence electrons. The first-order valence-corrected chi connectivity index (χ1v) is 4.40. The predicted octanol–water partition coefficient (Wildman–Crippen LogP) is 0.321. The van der Waals surface area contributed by atoms with Crippen LogP contribution in [-0.4, -0.2) is 27.9 Å². The smallest absolute Gasteiger partial charge is 0.128 e. The van der Waals surface area contributed by atoms with E-state index in [1.54, 1.807) is 10.7 Å². The minimum absolute atomic E-state index is 0.0904. The predicted molar refractivity (Wildman–Crippen MR) is 55.2 cm³/mol. The first-order valence-electron chi connectivity index (χ1n) is 4.40. The Bertz CT molecular complexity index is 437. The zero-order valence-electron chi connectivity index (χ0n) is 7.64. The van der Waals surface area contributed by atoms with E-state index in [1.165, 1.54) is 0 Å². The lowest BCUT2D eigenvalue weighted by Gasteiger charge is -2.06. The number of nitrogens with one attached hydrogen (secondary N) is 1. The fourth-order valence-corrected chi connectivity index (χ4v) is 1.35. The van der Waals surface area contributed by atoms with Crippen molar-refractivity contribution >= 4 is 17.0 Å². The van der Waals surface area contributed by atoms with Crippen LogP contribution < -0.4 is 11.1 Å². The number of aliphatic hydroxyl groups excluding tert-OH is 1. The van der Waals surface area contributed by atoms with Crippen LogP contribution in [0.2, 0.25) is 0 Å². The third kappa shape index (κ3) is 1.38. The summed E-state index contributed by atoms with van der Waals surface area (Å²) in [5, 5.41) is 15.9. The van der Waals surface area contributed by atoms with Crippen LogP contribution in [0.4, 0.5) is 11.5 Å². The highest BCUT2D eigenvalue weighted by molar-refractivity contribution is 5.70. The fourth-order valence-electron chi connectivity index (χ4n) is 1.35. The first-order chi connectivity index (χ1) is 6.83. The monoisotopic (exact) mass is 192 g/mol. The number of rotatable bonds is 3. The van der Waals surface area contributed by atoms with Crippen LogP contribution in [0.3, 0.4) is 0 Å². The standard InChI is InChI=1S/C9H12N4O/c10-7-6-12-13-8(7)2-1-3-9(13)11-4-5-14/h1-3,6,11,14H,4-5,10H2. The number of anilines is 2. The summed E-state index contributed by atoms with van der Waals surface area (Å²) in [7, 11) is 0. The van der Waals surface area contributed by atoms with Gasteiger partial charge in [-0.3, -0.25) is 0 Å². The van der Waals surface area contributed by atoms with Crippen molar-refractivity contribution in [2.45, 2.75) is 0 Å². The molecule has 2 aromatic heterocycles. The third-order valence-corrected chi connectivity index (χ3v) is 1.99. The number of nitrogens with zero attached hydrogens (tertiary/aromatic N) is 2. The van der Waals surface area contributed by atoms with Crippen molar-refractivity contribution in [3.63, 3.8) is 0 Å². The van der Waals surface area contributed by atoms with Gasteiger partial charge >= 0.3 is 0 Å². The van der Waals surface area contributed by atoms with Crippen molar-refractivity contribution in [1.82, 2.24) is 9.61 Å². The Morgan fingerprint density at radius 2 is 2.36 bits per heavy atom. The van der Waals surface area contributed by atoms with Gasteiger partial charge in [0.1, 0.15) is 5.82 Å².